The molecule has 2 aromatic rings. The molecule has 8 nitrogen and oxygen atoms in total. The first-order valence-electron chi connectivity index (χ1n) is 10.9. The molecule has 32 heavy (non-hydrogen) atoms. The lowest BCUT2D eigenvalue weighted by Gasteiger charge is -2.34. The van der Waals surface area contributed by atoms with Gasteiger partial charge in [-0.1, -0.05) is 32.0 Å². The van der Waals surface area contributed by atoms with Crippen LogP contribution in [0.2, 0.25) is 0 Å². The number of aromatic nitrogens is 2. The van der Waals surface area contributed by atoms with Crippen LogP contribution in [0.15, 0.2) is 30.5 Å². The van der Waals surface area contributed by atoms with Gasteiger partial charge in [0.15, 0.2) is 0 Å². The molecule has 1 aromatic heterocycles. The molecule has 1 aromatic carbocycles. The van der Waals surface area contributed by atoms with E-state index in [2.05, 4.69) is 32.0 Å². The number of fused-ring (bicyclic) bond motifs is 1. The molecule has 2 aliphatic rings. The SMILES string of the molecule is CC1(C)C[C@H](Nc2nc(NCC[C@@]3(C)C(=O)Nc4ccccc43)ncc2C#N)CCC1=O. The van der Waals surface area contributed by atoms with Crippen LogP contribution in [-0.4, -0.2) is 34.2 Å². The predicted octanol–water partition coefficient (Wildman–Crippen LogP) is 3.62. The van der Waals surface area contributed by atoms with Crippen molar-refractivity contribution in [2.75, 3.05) is 22.5 Å². The highest BCUT2D eigenvalue weighted by atomic mass is 16.2. The number of nitrogens with zero attached hydrogens (tertiary/aromatic N) is 3. The Morgan fingerprint density at radius 3 is 2.78 bits per heavy atom. The maximum Gasteiger partial charge on any atom is 0.234 e. The molecule has 1 fully saturated rings. The van der Waals surface area contributed by atoms with Crippen LogP contribution in [0.4, 0.5) is 17.5 Å². The molecule has 166 valence electrons. The van der Waals surface area contributed by atoms with E-state index in [-0.39, 0.29) is 23.1 Å². The van der Waals surface area contributed by atoms with Gasteiger partial charge in [-0.05, 0) is 37.8 Å². The van der Waals surface area contributed by atoms with Gasteiger partial charge in [-0.2, -0.15) is 10.2 Å². The Kier molecular flexibility index (Phi) is 5.59. The number of anilines is 3. The molecule has 1 aliphatic heterocycles. The summed E-state index contributed by atoms with van der Waals surface area (Å²) in [6.07, 6.45) is 3.99. The molecular formula is C24H28N6O2. The topological polar surface area (TPSA) is 120 Å². The third kappa shape index (κ3) is 4.03. The number of benzene rings is 1. The summed E-state index contributed by atoms with van der Waals surface area (Å²) in [6.45, 7) is 6.35. The van der Waals surface area contributed by atoms with E-state index < -0.39 is 5.41 Å². The molecule has 2 heterocycles. The van der Waals surface area contributed by atoms with Gasteiger partial charge >= 0.3 is 0 Å². The minimum absolute atomic E-state index is 0.0157. The van der Waals surface area contributed by atoms with Crippen LogP contribution in [0.3, 0.4) is 0 Å². The summed E-state index contributed by atoms with van der Waals surface area (Å²) in [5.74, 6) is 1.12. The lowest BCUT2D eigenvalue weighted by Crippen LogP contribution is -2.38. The van der Waals surface area contributed by atoms with Crippen molar-refractivity contribution in [3.63, 3.8) is 0 Å². The highest BCUT2D eigenvalue weighted by Gasteiger charge is 2.42. The number of amides is 1. The molecule has 2 atom stereocenters. The number of hydrogen-bond acceptors (Lipinski definition) is 7. The van der Waals surface area contributed by atoms with Gasteiger partial charge < -0.3 is 16.0 Å². The van der Waals surface area contributed by atoms with Crippen LogP contribution in [0.1, 0.15) is 57.6 Å². The zero-order valence-electron chi connectivity index (χ0n) is 18.7. The molecule has 0 saturated heterocycles. The number of nitriles is 1. The van der Waals surface area contributed by atoms with Gasteiger partial charge in [0, 0.05) is 30.1 Å². The van der Waals surface area contributed by atoms with E-state index in [0.29, 0.717) is 49.6 Å². The Balaban J connectivity index is 1.44. The van der Waals surface area contributed by atoms with Crippen LogP contribution in [0.25, 0.3) is 0 Å². The molecule has 1 amide bonds. The summed E-state index contributed by atoms with van der Waals surface area (Å²) in [7, 11) is 0. The number of hydrogen-bond donors (Lipinski definition) is 3. The van der Waals surface area contributed by atoms with Crippen molar-refractivity contribution in [1.29, 1.82) is 5.26 Å². The molecule has 4 rings (SSSR count). The fourth-order valence-corrected chi connectivity index (χ4v) is 4.58. The van der Waals surface area contributed by atoms with Crippen LogP contribution in [0.5, 0.6) is 0 Å². The summed E-state index contributed by atoms with van der Waals surface area (Å²) in [5.41, 5.74) is 1.20. The summed E-state index contributed by atoms with van der Waals surface area (Å²) in [4.78, 5) is 33.5. The van der Waals surface area contributed by atoms with Crippen LogP contribution in [0, 0.1) is 16.7 Å². The van der Waals surface area contributed by atoms with Gasteiger partial charge in [-0.25, -0.2) is 4.98 Å². The van der Waals surface area contributed by atoms with Gasteiger partial charge in [0.2, 0.25) is 11.9 Å². The first kappa shape index (κ1) is 21.8. The predicted molar refractivity (Wildman–Crippen MR) is 122 cm³/mol. The maximum atomic E-state index is 12.6. The maximum absolute atomic E-state index is 12.6. The Morgan fingerprint density at radius 2 is 2.03 bits per heavy atom. The van der Waals surface area contributed by atoms with Crippen molar-refractivity contribution in [3.05, 3.63) is 41.6 Å². The lowest BCUT2D eigenvalue weighted by molar-refractivity contribution is -0.129. The van der Waals surface area contributed by atoms with Crippen molar-refractivity contribution in [2.24, 2.45) is 5.41 Å². The molecule has 1 saturated carbocycles. The van der Waals surface area contributed by atoms with E-state index in [9.17, 15) is 14.9 Å². The van der Waals surface area contributed by atoms with E-state index in [4.69, 9.17) is 0 Å². The smallest absolute Gasteiger partial charge is 0.234 e. The van der Waals surface area contributed by atoms with E-state index in [1.165, 1.54) is 6.20 Å². The Hall–Kier alpha value is -3.47. The van der Waals surface area contributed by atoms with Crippen molar-refractivity contribution in [3.8, 4) is 6.07 Å². The highest BCUT2D eigenvalue weighted by molar-refractivity contribution is 6.05. The van der Waals surface area contributed by atoms with E-state index in [1.54, 1.807) is 0 Å². The van der Waals surface area contributed by atoms with Gasteiger partial charge in [0.05, 0.1) is 11.6 Å². The molecule has 0 radical (unpaired) electrons. The van der Waals surface area contributed by atoms with Gasteiger partial charge in [0.1, 0.15) is 23.2 Å². The average molecular weight is 433 g/mol. The first-order valence-corrected chi connectivity index (χ1v) is 10.9. The first-order chi connectivity index (χ1) is 15.2. The second kappa shape index (κ2) is 8.23. The summed E-state index contributed by atoms with van der Waals surface area (Å²) in [6, 6.07) is 9.93. The molecule has 3 N–H and O–H groups in total. The third-order valence-corrected chi connectivity index (χ3v) is 6.66. The van der Waals surface area contributed by atoms with Crippen LogP contribution >= 0.6 is 0 Å². The van der Waals surface area contributed by atoms with Crippen molar-refractivity contribution < 1.29 is 9.59 Å². The number of ketones is 1. The zero-order valence-corrected chi connectivity index (χ0v) is 18.7. The lowest BCUT2D eigenvalue weighted by atomic mass is 9.74. The molecule has 0 bridgehead atoms. The van der Waals surface area contributed by atoms with Crippen LogP contribution in [-0.2, 0) is 15.0 Å². The number of nitrogens with one attached hydrogen (secondary N) is 3. The average Bonchev–Trinajstić information content (AvgIpc) is 3.01. The fraction of sp³-hybridized carbons (Fsp3) is 0.458. The number of Topliss-reactive ketones (excluding diaryl/α,β-unsaturated/α-hetero) is 1. The zero-order chi connectivity index (χ0) is 22.9. The van der Waals surface area contributed by atoms with Gasteiger partial charge in [-0.3, -0.25) is 9.59 Å². The largest absolute Gasteiger partial charge is 0.366 e. The molecular weight excluding hydrogens is 404 g/mol. The molecule has 8 heteroatoms. The van der Waals surface area contributed by atoms with Crippen molar-refractivity contribution >= 4 is 29.1 Å². The van der Waals surface area contributed by atoms with E-state index >= 15 is 0 Å². The van der Waals surface area contributed by atoms with E-state index in [1.807, 2.05) is 45.0 Å². The normalized spacial score (nSPS) is 23.8. The Bertz CT molecular complexity index is 1110. The number of para-hydroxylation sites is 1. The van der Waals surface area contributed by atoms with Crippen LogP contribution < -0.4 is 16.0 Å². The van der Waals surface area contributed by atoms with Crippen molar-refractivity contribution in [2.45, 2.75) is 57.9 Å². The monoisotopic (exact) mass is 432 g/mol. The summed E-state index contributed by atoms with van der Waals surface area (Å²) in [5, 5.41) is 19.0. The number of carbonyl (C=O) groups excluding carboxylic acids is 2. The quantitative estimate of drug-likeness (QED) is 0.638. The molecule has 1 aliphatic carbocycles. The fourth-order valence-electron chi connectivity index (χ4n) is 4.58. The van der Waals surface area contributed by atoms with Crippen molar-refractivity contribution in [1.82, 2.24) is 9.97 Å². The second-order valence-electron chi connectivity index (χ2n) is 9.47. The Labute approximate surface area is 187 Å². The third-order valence-electron chi connectivity index (χ3n) is 6.66. The Morgan fingerprint density at radius 1 is 1.25 bits per heavy atom. The second-order valence-corrected chi connectivity index (χ2v) is 9.47. The minimum Gasteiger partial charge on any atom is -0.366 e. The summed E-state index contributed by atoms with van der Waals surface area (Å²) >= 11 is 0. The minimum atomic E-state index is -0.627. The highest BCUT2D eigenvalue weighted by Crippen LogP contribution is 2.39. The van der Waals surface area contributed by atoms with E-state index in [0.717, 1.165) is 11.3 Å². The standard InChI is InChI=1S/C24H28N6O2/c1-23(2)12-16(8-9-19(23)31)28-20-15(13-25)14-27-22(30-20)26-11-10-24(3)17-6-4-5-7-18(17)29-21(24)32/h4-7,14,16H,8-12H2,1-3H3,(H,29,32)(H2,26,27,28,30)/t16-,24-/m1/s1. The molecule has 0 unspecified atom stereocenters. The van der Waals surface area contributed by atoms with Gasteiger partial charge in [-0.15, -0.1) is 0 Å². The van der Waals surface area contributed by atoms with Gasteiger partial charge in [0.25, 0.3) is 0 Å². The number of carbonyl (C=O) groups is 2. The number of rotatable bonds is 6. The molecule has 0 spiro atoms. The summed E-state index contributed by atoms with van der Waals surface area (Å²) < 4.78 is 0.